The van der Waals surface area contributed by atoms with Crippen molar-refractivity contribution in [1.29, 1.82) is 0 Å². The van der Waals surface area contributed by atoms with Gasteiger partial charge >= 0.3 is 0 Å². The first-order chi connectivity index (χ1) is 28.8. The van der Waals surface area contributed by atoms with Crippen LogP contribution in [-0.4, -0.2) is 23.8 Å². The van der Waals surface area contributed by atoms with Crippen LogP contribution in [0.25, 0.3) is 61.6 Å². The number of para-hydroxylation sites is 1. The van der Waals surface area contributed by atoms with Crippen LogP contribution in [0, 0.1) is 6.33 Å². The molecule has 0 saturated heterocycles. The first-order valence-electron chi connectivity index (χ1n) is 22.1. The molecule has 1 N–H and O–H groups in total. The molecule has 0 aliphatic heterocycles. The van der Waals surface area contributed by atoms with Gasteiger partial charge in [-0.05, 0) is 80.3 Å². The number of fused-ring (bicyclic) bond motifs is 3. The molecule has 0 fully saturated rings. The lowest BCUT2D eigenvalue weighted by molar-refractivity contribution is -0.674. The molecule has 5 aromatic carbocycles. The molecule has 6 nitrogen and oxygen atoms in total. The molecule has 0 saturated carbocycles. The number of hydrogen-bond acceptors (Lipinski definition) is 2. The van der Waals surface area contributed by atoms with E-state index in [0.29, 0.717) is 11.4 Å². The van der Waals surface area contributed by atoms with Gasteiger partial charge in [0, 0.05) is 34.6 Å². The standard InChI is InChI=1S/C53H59N5O/c1-50(2,3)35-23-24-45(41(29-35)34-19-15-14-16-20-34)58-46-40-21-17-18-22-44(40)57(39-28-36(51(4,5)6)27-38(32-39)56-26-25-55(13)33-56)49(46)54-48(58)42-30-37(52(7,8)9)31-43(47(42)59)53(10,11)12/h14-32,59H,1-13H3/i13D3. The van der Waals surface area contributed by atoms with E-state index in [1.165, 1.54) is 11.8 Å². The molecule has 3 heterocycles. The van der Waals surface area contributed by atoms with Crippen LogP contribution < -0.4 is 4.57 Å². The number of nitrogens with zero attached hydrogens (tertiary/aromatic N) is 5. The third-order valence-electron chi connectivity index (χ3n) is 11.6. The van der Waals surface area contributed by atoms with E-state index in [4.69, 9.17) is 9.10 Å². The Bertz CT molecular complexity index is 2990. The highest BCUT2D eigenvalue weighted by Gasteiger charge is 2.31. The zero-order chi connectivity index (χ0) is 44.9. The fourth-order valence-electron chi connectivity index (χ4n) is 8.08. The largest absolute Gasteiger partial charge is 0.507 e. The summed E-state index contributed by atoms with van der Waals surface area (Å²) >= 11 is 0. The second kappa shape index (κ2) is 13.9. The van der Waals surface area contributed by atoms with Gasteiger partial charge in [0.05, 0.1) is 33.5 Å². The number of benzene rings is 5. The van der Waals surface area contributed by atoms with E-state index in [-0.39, 0.29) is 27.4 Å². The van der Waals surface area contributed by atoms with E-state index < -0.39 is 6.98 Å². The van der Waals surface area contributed by atoms with Gasteiger partial charge in [-0.15, -0.1) is 0 Å². The molecule has 0 spiro atoms. The summed E-state index contributed by atoms with van der Waals surface area (Å²) in [5, 5.41) is 13.6. The Morgan fingerprint density at radius 2 is 1.25 bits per heavy atom. The van der Waals surface area contributed by atoms with Gasteiger partial charge in [-0.3, -0.25) is 9.13 Å². The monoisotopic (exact) mass is 784 g/mol. The van der Waals surface area contributed by atoms with E-state index in [1.54, 1.807) is 10.8 Å². The average molecular weight is 785 g/mol. The molecule has 0 atom stereocenters. The Morgan fingerprint density at radius 1 is 0.627 bits per heavy atom. The summed E-state index contributed by atoms with van der Waals surface area (Å²) in [6.07, 6.45) is 6.31. The topological polar surface area (TPSA) is 51.8 Å². The summed E-state index contributed by atoms with van der Waals surface area (Å²) in [4.78, 5) is 5.69. The summed E-state index contributed by atoms with van der Waals surface area (Å²) in [5.41, 5.74) is 11.3. The van der Waals surface area contributed by atoms with E-state index in [9.17, 15) is 5.11 Å². The number of aryl methyl sites for hydroxylation is 1. The van der Waals surface area contributed by atoms with Gasteiger partial charge in [0.1, 0.15) is 11.3 Å². The number of imidazole rings is 2. The SMILES string of the molecule is [2H]C([2H])([2H])[n+]1[c-]n(-c2cc(-n3c4ccccc4c4c3nc(-c3cc(C(C)(C)C)cc(C(C)(C)C)c3O)n4-c3ccc(C(C)(C)C)cc3-c3ccccc3)cc(C(C)(C)C)c2)cc1. The molecule has 0 aliphatic carbocycles. The summed E-state index contributed by atoms with van der Waals surface area (Å²) in [7, 11) is 0. The normalized spacial score (nSPS) is 13.9. The molecule has 59 heavy (non-hydrogen) atoms. The van der Waals surface area contributed by atoms with Crippen molar-refractivity contribution in [3.05, 3.63) is 144 Å². The molecule has 6 heteroatoms. The van der Waals surface area contributed by atoms with Gasteiger partial charge in [0.25, 0.3) is 0 Å². The van der Waals surface area contributed by atoms with Crippen molar-refractivity contribution in [2.24, 2.45) is 6.98 Å². The maximum atomic E-state index is 12.6. The lowest BCUT2D eigenvalue weighted by Crippen LogP contribution is -2.24. The van der Waals surface area contributed by atoms with Crippen molar-refractivity contribution in [2.75, 3.05) is 0 Å². The molecule has 3 aromatic heterocycles. The van der Waals surface area contributed by atoms with E-state index in [1.807, 2.05) is 6.07 Å². The highest BCUT2D eigenvalue weighted by molar-refractivity contribution is 6.09. The van der Waals surface area contributed by atoms with Crippen molar-refractivity contribution in [3.63, 3.8) is 0 Å². The molecular formula is C53H59N5O. The number of aromatic hydroxyl groups is 1. The molecule has 0 bridgehead atoms. The first kappa shape index (κ1) is 36.2. The Balaban J connectivity index is 1.56. The smallest absolute Gasteiger partial charge is 0.243 e. The lowest BCUT2D eigenvalue weighted by Gasteiger charge is -2.28. The summed E-state index contributed by atoms with van der Waals surface area (Å²) in [5.74, 6) is 0.847. The van der Waals surface area contributed by atoms with Gasteiger partial charge in [-0.1, -0.05) is 150 Å². The molecule has 8 rings (SSSR count). The predicted octanol–water partition coefficient (Wildman–Crippen LogP) is 12.6. The maximum absolute atomic E-state index is 12.6. The second-order valence-electron chi connectivity index (χ2n) is 20.2. The Hall–Kier alpha value is -5.88. The van der Waals surface area contributed by atoms with Crippen LogP contribution in [-0.2, 0) is 28.6 Å². The summed E-state index contributed by atoms with van der Waals surface area (Å²) in [6.45, 7) is 23.9. The second-order valence-corrected chi connectivity index (χ2v) is 20.2. The van der Waals surface area contributed by atoms with Crippen molar-refractivity contribution in [2.45, 2.75) is 105 Å². The minimum atomic E-state index is -2.37. The predicted molar refractivity (Wildman–Crippen MR) is 245 cm³/mol. The Labute approximate surface area is 354 Å². The Kier molecular flexibility index (Phi) is 8.51. The summed E-state index contributed by atoms with van der Waals surface area (Å²) < 4.78 is 31.5. The van der Waals surface area contributed by atoms with E-state index in [0.717, 1.165) is 71.5 Å². The zero-order valence-electron chi connectivity index (χ0n) is 39.7. The van der Waals surface area contributed by atoms with Crippen LogP contribution in [0.5, 0.6) is 5.75 Å². The first-order valence-corrected chi connectivity index (χ1v) is 20.6. The number of phenolic OH excluding ortho intramolecular Hbond substituents is 1. The fraction of sp³-hybridized carbons (Fsp3) is 0.321. The Morgan fingerprint density at radius 3 is 1.90 bits per heavy atom. The maximum Gasteiger partial charge on any atom is 0.243 e. The van der Waals surface area contributed by atoms with Gasteiger partial charge in [-0.2, -0.15) is 0 Å². The van der Waals surface area contributed by atoms with E-state index in [2.05, 4.69) is 196 Å². The molecule has 0 aliphatic rings. The number of rotatable bonds is 5. The summed E-state index contributed by atoms with van der Waals surface area (Å²) in [6, 6.07) is 36.3. The highest BCUT2D eigenvalue weighted by Crippen LogP contribution is 2.46. The third kappa shape index (κ3) is 7.17. The minimum Gasteiger partial charge on any atom is -0.507 e. The number of phenols is 1. The van der Waals surface area contributed by atoms with Crippen molar-refractivity contribution in [1.82, 2.24) is 18.7 Å². The van der Waals surface area contributed by atoms with Crippen LogP contribution in [0.1, 0.15) is 109 Å². The van der Waals surface area contributed by atoms with Crippen LogP contribution >= 0.6 is 0 Å². The van der Waals surface area contributed by atoms with Crippen LogP contribution in [0.15, 0.2) is 116 Å². The molecule has 302 valence electrons. The average Bonchev–Trinajstić information content (AvgIpc) is 3.91. The molecule has 8 aromatic rings. The lowest BCUT2D eigenvalue weighted by atomic mass is 9.79. The third-order valence-corrected chi connectivity index (χ3v) is 11.6. The van der Waals surface area contributed by atoms with Crippen molar-refractivity contribution >= 4 is 22.1 Å². The van der Waals surface area contributed by atoms with Crippen molar-refractivity contribution < 1.29 is 13.8 Å². The van der Waals surface area contributed by atoms with Gasteiger partial charge in [0.15, 0.2) is 11.5 Å². The van der Waals surface area contributed by atoms with Gasteiger partial charge in [-0.25, -0.2) is 4.98 Å². The molecule has 0 amide bonds. The van der Waals surface area contributed by atoms with Gasteiger partial charge < -0.3 is 14.2 Å². The highest BCUT2D eigenvalue weighted by atomic mass is 16.3. The van der Waals surface area contributed by atoms with E-state index >= 15 is 0 Å². The quantitative estimate of drug-likeness (QED) is 0.140. The number of hydrogen-bond donors (Lipinski definition) is 1. The molecule has 0 unspecified atom stereocenters. The van der Waals surface area contributed by atoms with Crippen LogP contribution in [0.4, 0.5) is 0 Å². The van der Waals surface area contributed by atoms with Crippen molar-refractivity contribution in [3.8, 4) is 45.3 Å². The fourth-order valence-corrected chi connectivity index (χ4v) is 8.08. The molecule has 0 radical (unpaired) electrons. The molecular weight excluding hydrogens is 723 g/mol. The van der Waals surface area contributed by atoms with Crippen LogP contribution in [0.2, 0.25) is 0 Å². The van der Waals surface area contributed by atoms with Gasteiger partial charge in [0.2, 0.25) is 6.33 Å². The number of aromatic nitrogens is 5. The van der Waals surface area contributed by atoms with Crippen LogP contribution in [0.3, 0.4) is 0 Å². The zero-order valence-corrected chi connectivity index (χ0v) is 36.7. The minimum absolute atomic E-state index is 0.109.